The molecule has 0 aromatic carbocycles. The molecule has 1 atom stereocenters. The number of aryl methyl sites for hydroxylation is 1. The van der Waals surface area contributed by atoms with Crippen molar-refractivity contribution < 1.29 is 5.73 Å². The topological polar surface area (TPSA) is 45.5 Å². The van der Waals surface area contributed by atoms with Gasteiger partial charge in [0.25, 0.3) is 0 Å². The molecule has 0 fully saturated rings. The standard InChI is InChI=1S/C8H15N3/c1-4-11-7(3)8(5-10-11)6(2)9/h5-6H,4,9H2,1-3H3/p+1/t6-/m1/s1. The van der Waals surface area contributed by atoms with Crippen molar-refractivity contribution >= 4 is 0 Å². The number of hydrogen-bond acceptors (Lipinski definition) is 1. The Bertz CT molecular complexity index is 237. The molecule has 1 aromatic rings. The zero-order valence-electron chi connectivity index (χ0n) is 7.46. The van der Waals surface area contributed by atoms with Crippen LogP contribution < -0.4 is 5.73 Å². The normalized spacial score (nSPS) is 13.5. The van der Waals surface area contributed by atoms with E-state index in [0.717, 1.165) is 6.54 Å². The van der Waals surface area contributed by atoms with Gasteiger partial charge in [0.2, 0.25) is 0 Å². The second-order valence-corrected chi connectivity index (χ2v) is 2.90. The molecule has 1 heterocycles. The van der Waals surface area contributed by atoms with Crippen molar-refractivity contribution in [3.63, 3.8) is 0 Å². The largest absolute Gasteiger partial charge is 0.351 e. The lowest BCUT2D eigenvalue weighted by Gasteiger charge is -2.02. The van der Waals surface area contributed by atoms with Gasteiger partial charge in [-0.05, 0) is 20.8 Å². The average molecular weight is 154 g/mol. The van der Waals surface area contributed by atoms with Crippen LogP contribution in [0.5, 0.6) is 0 Å². The average Bonchev–Trinajstić information content (AvgIpc) is 2.30. The van der Waals surface area contributed by atoms with E-state index in [1.165, 1.54) is 11.3 Å². The molecule has 0 saturated carbocycles. The maximum Gasteiger partial charge on any atom is 0.110 e. The lowest BCUT2D eigenvalue weighted by atomic mass is 10.1. The predicted molar refractivity (Wildman–Crippen MR) is 43.9 cm³/mol. The van der Waals surface area contributed by atoms with E-state index in [1.54, 1.807) is 0 Å². The number of rotatable bonds is 2. The van der Waals surface area contributed by atoms with Gasteiger partial charge < -0.3 is 5.73 Å². The van der Waals surface area contributed by atoms with Crippen LogP contribution in [0.1, 0.15) is 31.1 Å². The Morgan fingerprint density at radius 2 is 2.36 bits per heavy atom. The smallest absolute Gasteiger partial charge is 0.110 e. The van der Waals surface area contributed by atoms with Crippen molar-refractivity contribution in [2.75, 3.05) is 0 Å². The molecule has 0 aliphatic heterocycles. The predicted octanol–water partition coefficient (Wildman–Crippen LogP) is 0.514. The van der Waals surface area contributed by atoms with Crippen molar-refractivity contribution in [2.45, 2.75) is 33.4 Å². The zero-order valence-corrected chi connectivity index (χ0v) is 7.46. The van der Waals surface area contributed by atoms with E-state index in [2.05, 4.69) is 31.6 Å². The highest BCUT2D eigenvalue weighted by Gasteiger charge is 2.10. The number of nitrogens with zero attached hydrogens (tertiary/aromatic N) is 2. The Balaban J connectivity index is 3.00. The van der Waals surface area contributed by atoms with Crippen molar-refractivity contribution in [2.24, 2.45) is 0 Å². The van der Waals surface area contributed by atoms with Crippen LogP contribution in [0.2, 0.25) is 0 Å². The van der Waals surface area contributed by atoms with Gasteiger partial charge in [-0.1, -0.05) is 0 Å². The van der Waals surface area contributed by atoms with Crippen LogP contribution in [0.15, 0.2) is 6.20 Å². The summed E-state index contributed by atoms with van der Waals surface area (Å²) in [6, 6.07) is 0.343. The van der Waals surface area contributed by atoms with Crippen LogP contribution >= 0.6 is 0 Å². The SMILES string of the molecule is CCn1ncc([C@@H](C)[NH3+])c1C. The Kier molecular flexibility index (Phi) is 2.29. The third-order valence-corrected chi connectivity index (χ3v) is 1.97. The summed E-state index contributed by atoms with van der Waals surface area (Å²) < 4.78 is 2.00. The molecule has 0 aliphatic rings. The summed E-state index contributed by atoms with van der Waals surface area (Å²) in [4.78, 5) is 0. The van der Waals surface area contributed by atoms with Crippen molar-refractivity contribution in [1.82, 2.24) is 9.78 Å². The molecule has 3 heteroatoms. The second-order valence-electron chi connectivity index (χ2n) is 2.90. The lowest BCUT2D eigenvalue weighted by Crippen LogP contribution is -2.51. The molecule has 1 aromatic heterocycles. The van der Waals surface area contributed by atoms with Gasteiger partial charge in [-0.25, -0.2) is 0 Å². The fourth-order valence-electron chi connectivity index (χ4n) is 1.26. The highest BCUT2D eigenvalue weighted by molar-refractivity contribution is 5.17. The van der Waals surface area contributed by atoms with Crippen LogP contribution in [-0.4, -0.2) is 9.78 Å². The monoisotopic (exact) mass is 154 g/mol. The molecular formula is C8H16N3+. The van der Waals surface area contributed by atoms with Gasteiger partial charge in [-0.2, -0.15) is 5.10 Å². The Labute approximate surface area is 67.2 Å². The van der Waals surface area contributed by atoms with Crippen LogP contribution in [-0.2, 0) is 6.54 Å². The Morgan fingerprint density at radius 1 is 1.73 bits per heavy atom. The molecule has 0 unspecified atom stereocenters. The summed E-state index contributed by atoms with van der Waals surface area (Å²) in [6.45, 7) is 7.22. The van der Waals surface area contributed by atoms with Crippen LogP contribution in [0, 0.1) is 6.92 Å². The number of quaternary nitrogens is 1. The second kappa shape index (κ2) is 3.05. The van der Waals surface area contributed by atoms with Gasteiger partial charge in [0.1, 0.15) is 6.04 Å². The van der Waals surface area contributed by atoms with E-state index < -0.39 is 0 Å². The molecule has 3 nitrogen and oxygen atoms in total. The molecule has 3 N–H and O–H groups in total. The van der Waals surface area contributed by atoms with Gasteiger partial charge >= 0.3 is 0 Å². The summed E-state index contributed by atoms with van der Waals surface area (Å²) in [6.07, 6.45) is 1.91. The molecule has 0 spiro atoms. The van der Waals surface area contributed by atoms with Crippen LogP contribution in [0.4, 0.5) is 0 Å². The third kappa shape index (κ3) is 1.43. The summed E-state index contributed by atoms with van der Waals surface area (Å²) in [5.74, 6) is 0. The molecule has 0 amide bonds. The molecule has 0 aliphatic carbocycles. The first kappa shape index (κ1) is 8.27. The molecule has 0 saturated heterocycles. The Morgan fingerprint density at radius 3 is 2.64 bits per heavy atom. The summed E-state index contributed by atoms with van der Waals surface area (Å²) in [5.41, 5.74) is 6.47. The molecule has 0 radical (unpaired) electrons. The maximum atomic E-state index is 4.23. The molecule has 62 valence electrons. The van der Waals surface area contributed by atoms with E-state index in [0.29, 0.717) is 6.04 Å². The van der Waals surface area contributed by atoms with Crippen LogP contribution in [0.3, 0.4) is 0 Å². The van der Waals surface area contributed by atoms with Crippen molar-refractivity contribution in [1.29, 1.82) is 0 Å². The molecular weight excluding hydrogens is 138 g/mol. The first-order chi connectivity index (χ1) is 5.16. The first-order valence-corrected chi connectivity index (χ1v) is 4.02. The van der Waals surface area contributed by atoms with E-state index in [1.807, 2.05) is 10.9 Å². The van der Waals surface area contributed by atoms with Gasteiger partial charge in [0.15, 0.2) is 0 Å². The zero-order chi connectivity index (χ0) is 8.43. The summed E-state index contributed by atoms with van der Waals surface area (Å²) in [5, 5.41) is 4.23. The Hall–Kier alpha value is -0.830. The van der Waals surface area contributed by atoms with Crippen molar-refractivity contribution in [3.05, 3.63) is 17.5 Å². The molecule has 11 heavy (non-hydrogen) atoms. The number of aromatic nitrogens is 2. The molecule has 1 rings (SSSR count). The highest BCUT2D eigenvalue weighted by atomic mass is 15.3. The van der Waals surface area contributed by atoms with Crippen LogP contribution in [0.25, 0.3) is 0 Å². The van der Waals surface area contributed by atoms with Crippen molar-refractivity contribution in [3.8, 4) is 0 Å². The molecule has 0 bridgehead atoms. The highest BCUT2D eigenvalue weighted by Crippen LogP contribution is 2.12. The quantitative estimate of drug-likeness (QED) is 0.663. The third-order valence-electron chi connectivity index (χ3n) is 1.97. The van der Waals surface area contributed by atoms with E-state index in [9.17, 15) is 0 Å². The maximum absolute atomic E-state index is 4.23. The fourth-order valence-corrected chi connectivity index (χ4v) is 1.26. The minimum absolute atomic E-state index is 0.343. The van der Waals surface area contributed by atoms with E-state index in [4.69, 9.17) is 0 Å². The minimum Gasteiger partial charge on any atom is -0.351 e. The lowest BCUT2D eigenvalue weighted by molar-refractivity contribution is -0.420. The van der Waals surface area contributed by atoms with E-state index in [-0.39, 0.29) is 0 Å². The fraction of sp³-hybridized carbons (Fsp3) is 0.625. The van der Waals surface area contributed by atoms with Gasteiger partial charge in [0, 0.05) is 17.8 Å². The number of hydrogen-bond donors (Lipinski definition) is 1. The van der Waals surface area contributed by atoms with Gasteiger partial charge in [-0.15, -0.1) is 0 Å². The van der Waals surface area contributed by atoms with Gasteiger partial charge in [0.05, 0.1) is 6.20 Å². The summed E-state index contributed by atoms with van der Waals surface area (Å²) in [7, 11) is 0. The first-order valence-electron chi connectivity index (χ1n) is 4.02. The summed E-state index contributed by atoms with van der Waals surface area (Å²) >= 11 is 0. The van der Waals surface area contributed by atoms with Gasteiger partial charge in [-0.3, -0.25) is 4.68 Å². The minimum atomic E-state index is 0.343. The van der Waals surface area contributed by atoms with E-state index >= 15 is 0 Å².